The summed E-state index contributed by atoms with van der Waals surface area (Å²) in [5.74, 6) is 1.04. The summed E-state index contributed by atoms with van der Waals surface area (Å²) in [6.07, 6.45) is 2.76. The molecule has 9 nitrogen and oxygen atoms in total. The summed E-state index contributed by atoms with van der Waals surface area (Å²) in [5.41, 5.74) is 1.58. The number of aromatic nitrogens is 5. The lowest BCUT2D eigenvalue weighted by Gasteiger charge is -2.28. The summed E-state index contributed by atoms with van der Waals surface area (Å²) < 4.78 is 29.4. The third-order valence-corrected chi connectivity index (χ3v) is 5.18. The first-order chi connectivity index (χ1) is 16.1. The number of carbonyl (C=O) groups is 1. The van der Waals surface area contributed by atoms with E-state index < -0.39 is 17.5 Å². The first kappa shape index (κ1) is 23.2. The maximum absolute atomic E-state index is 14.8. The van der Waals surface area contributed by atoms with Gasteiger partial charge in [-0.05, 0) is 58.9 Å². The van der Waals surface area contributed by atoms with Crippen LogP contribution in [0.25, 0.3) is 11.3 Å². The van der Waals surface area contributed by atoms with Gasteiger partial charge in [-0.25, -0.2) is 14.2 Å². The van der Waals surface area contributed by atoms with Crippen molar-refractivity contribution in [3.05, 3.63) is 65.8 Å². The Hall–Kier alpha value is -3.95. The Bertz CT molecular complexity index is 1350. The molecule has 0 atom stereocenters. The molecule has 4 rings (SSSR count). The summed E-state index contributed by atoms with van der Waals surface area (Å²) in [4.78, 5) is 19.1. The van der Waals surface area contributed by atoms with E-state index in [4.69, 9.17) is 9.47 Å². The highest BCUT2D eigenvalue weighted by atomic mass is 19.1. The van der Waals surface area contributed by atoms with E-state index in [0.29, 0.717) is 17.2 Å². The van der Waals surface area contributed by atoms with E-state index in [1.54, 1.807) is 43.4 Å². The Kier molecular flexibility index (Phi) is 5.99. The van der Waals surface area contributed by atoms with Gasteiger partial charge in [0, 0.05) is 11.8 Å². The number of nitrogens with zero attached hydrogens (tertiary/aromatic N) is 6. The van der Waals surface area contributed by atoms with Crippen LogP contribution in [0.2, 0.25) is 0 Å². The molecule has 4 aromatic rings. The molecule has 0 N–H and O–H groups in total. The number of hydrogen-bond acceptors (Lipinski definition) is 6. The lowest BCUT2D eigenvalue weighted by atomic mass is 10.1. The molecule has 10 heteroatoms. The fourth-order valence-corrected chi connectivity index (χ4v) is 3.75. The number of carbonyl (C=O) groups excluding carboxylic acids is 1. The quantitative estimate of drug-likeness (QED) is 0.427. The van der Waals surface area contributed by atoms with Crippen molar-refractivity contribution in [3.8, 4) is 11.4 Å². The van der Waals surface area contributed by atoms with E-state index in [9.17, 15) is 9.18 Å². The van der Waals surface area contributed by atoms with Crippen LogP contribution in [0, 0.1) is 19.7 Å². The van der Waals surface area contributed by atoms with E-state index in [1.165, 1.54) is 24.4 Å². The van der Waals surface area contributed by atoms with Crippen LogP contribution in [-0.4, -0.2) is 43.0 Å². The normalized spacial score (nSPS) is 11.6. The van der Waals surface area contributed by atoms with Crippen LogP contribution in [0.5, 0.6) is 5.75 Å². The van der Waals surface area contributed by atoms with E-state index in [-0.39, 0.29) is 12.1 Å². The third kappa shape index (κ3) is 4.43. The van der Waals surface area contributed by atoms with Crippen LogP contribution in [-0.2, 0) is 11.3 Å². The summed E-state index contributed by atoms with van der Waals surface area (Å²) >= 11 is 0. The molecule has 0 saturated heterocycles. The number of methoxy groups -OCH3 is 1. The van der Waals surface area contributed by atoms with Gasteiger partial charge in [-0.3, -0.25) is 9.30 Å². The predicted molar refractivity (Wildman–Crippen MR) is 125 cm³/mol. The standard InChI is InChI=1S/C24H27FN6O3/c1-15-12-29(16(2)27-15)19-10-11-21(31-14-26-28-22(19)31)30(23(32)34-24(3,4)5)13-17-18(25)8-7-9-20(17)33-6/h7-12,14H,13H2,1-6H3. The van der Waals surface area contributed by atoms with Crippen molar-refractivity contribution in [2.24, 2.45) is 0 Å². The van der Waals surface area contributed by atoms with Crippen molar-refractivity contribution in [1.82, 2.24) is 24.1 Å². The molecule has 0 aliphatic carbocycles. The number of benzene rings is 1. The molecule has 0 aliphatic heterocycles. The molecule has 178 valence electrons. The molecule has 0 saturated carbocycles. The van der Waals surface area contributed by atoms with Crippen molar-refractivity contribution < 1.29 is 18.7 Å². The predicted octanol–water partition coefficient (Wildman–Crippen LogP) is 4.62. The second-order valence-corrected chi connectivity index (χ2v) is 8.89. The van der Waals surface area contributed by atoms with Crippen LogP contribution in [0.15, 0.2) is 42.9 Å². The van der Waals surface area contributed by atoms with Crippen LogP contribution >= 0.6 is 0 Å². The van der Waals surface area contributed by atoms with Gasteiger partial charge in [-0.2, -0.15) is 0 Å². The molecular formula is C24H27FN6O3. The van der Waals surface area contributed by atoms with Crippen LogP contribution < -0.4 is 9.64 Å². The SMILES string of the molecule is COc1cccc(F)c1CN(C(=O)OC(C)(C)C)c1ccc(-n2cc(C)nc2C)c2nncn12. The molecule has 3 aromatic heterocycles. The molecule has 0 aliphatic rings. The monoisotopic (exact) mass is 466 g/mol. The maximum Gasteiger partial charge on any atom is 0.416 e. The number of hydrogen-bond donors (Lipinski definition) is 0. The minimum atomic E-state index is -0.758. The van der Waals surface area contributed by atoms with Gasteiger partial charge in [0.05, 0.1) is 25.0 Å². The van der Waals surface area contributed by atoms with Crippen molar-refractivity contribution >= 4 is 17.6 Å². The van der Waals surface area contributed by atoms with E-state index in [1.807, 2.05) is 30.7 Å². The first-order valence-electron chi connectivity index (χ1n) is 10.8. The molecule has 0 spiro atoms. The summed E-state index contributed by atoms with van der Waals surface area (Å²) in [5, 5.41) is 8.33. The Morgan fingerprint density at radius 1 is 1.18 bits per heavy atom. The average molecular weight is 467 g/mol. The van der Waals surface area contributed by atoms with Crippen LogP contribution in [0.4, 0.5) is 15.0 Å². The zero-order chi connectivity index (χ0) is 24.6. The van der Waals surface area contributed by atoms with Crippen molar-refractivity contribution in [2.75, 3.05) is 12.0 Å². The van der Waals surface area contributed by atoms with Gasteiger partial charge in [0.1, 0.15) is 35.1 Å². The van der Waals surface area contributed by atoms with Gasteiger partial charge in [0.2, 0.25) is 0 Å². The smallest absolute Gasteiger partial charge is 0.416 e. The second-order valence-electron chi connectivity index (χ2n) is 8.89. The fourth-order valence-electron chi connectivity index (χ4n) is 3.75. The Morgan fingerprint density at radius 3 is 2.59 bits per heavy atom. The van der Waals surface area contributed by atoms with Gasteiger partial charge in [-0.1, -0.05) is 6.07 Å². The second kappa shape index (κ2) is 8.77. The van der Waals surface area contributed by atoms with Gasteiger partial charge < -0.3 is 14.0 Å². The number of pyridine rings is 1. The van der Waals surface area contributed by atoms with E-state index >= 15 is 0 Å². The molecule has 1 amide bonds. The zero-order valence-corrected chi connectivity index (χ0v) is 20.0. The zero-order valence-electron chi connectivity index (χ0n) is 20.0. The first-order valence-corrected chi connectivity index (χ1v) is 10.8. The minimum absolute atomic E-state index is 0.124. The number of halogens is 1. The van der Waals surface area contributed by atoms with Crippen LogP contribution in [0.3, 0.4) is 0 Å². The van der Waals surface area contributed by atoms with Gasteiger partial charge >= 0.3 is 6.09 Å². The summed E-state index contributed by atoms with van der Waals surface area (Å²) in [6.45, 7) is 8.99. The number of amides is 1. The van der Waals surface area contributed by atoms with E-state index in [0.717, 1.165) is 17.2 Å². The topological polar surface area (TPSA) is 86.8 Å². The van der Waals surface area contributed by atoms with Gasteiger partial charge in [0.25, 0.3) is 0 Å². The minimum Gasteiger partial charge on any atom is -0.496 e. The number of aryl methyl sites for hydroxylation is 2. The van der Waals surface area contributed by atoms with Gasteiger partial charge in [0.15, 0.2) is 5.65 Å². The van der Waals surface area contributed by atoms with E-state index in [2.05, 4.69) is 15.2 Å². The Morgan fingerprint density at radius 2 is 1.94 bits per heavy atom. The summed E-state index contributed by atoms with van der Waals surface area (Å²) in [6, 6.07) is 8.10. The van der Waals surface area contributed by atoms with Crippen molar-refractivity contribution in [2.45, 2.75) is 46.8 Å². The molecule has 34 heavy (non-hydrogen) atoms. The number of fused-ring (bicyclic) bond motifs is 1. The van der Waals surface area contributed by atoms with Crippen molar-refractivity contribution in [1.29, 1.82) is 0 Å². The lowest BCUT2D eigenvalue weighted by molar-refractivity contribution is 0.0575. The third-order valence-electron chi connectivity index (χ3n) is 5.18. The maximum atomic E-state index is 14.8. The van der Waals surface area contributed by atoms with Gasteiger partial charge in [-0.15, -0.1) is 10.2 Å². The van der Waals surface area contributed by atoms with Crippen molar-refractivity contribution in [3.63, 3.8) is 0 Å². The Balaban J connectivity index is 1.86. The lowest BCUT2D eigenvalue weighted by Crippen LogP contribution is -2.37. The fraction of sp³-hybridized carbons (Fsp3) is 0.333. The Labute approximate surface area is 196 Å². The number of imidazole rings is 1. The largest absolute Gasteiger partial charge is 0.496 e. The molecule has 1 aromatic carbocycles. The summed E-state index contributed by atoms with van der Waals surface area (Å²) in [7, 11) is 1.46. The average Bonchev–Trinajstić information content (AvgIpc) is 3.37. The molecule has 0 unspecified atom stereocenters. The number of anilines is 1. The molecular weight excluding hydrogens is 439 g/mol. The molecule has 0 radical (unpaired) electrons. The molecule has 0 bridgehead atoms. The number of rotatable bonds is 5. The number of ether oxygens (including phenoxy) is 2. The molecule has 0 fully saturated rings. The van der Waals surface area contributed by atoms with Crippen LogP contribution in [0.1, 0.15) is 37.9 Å². The highest BCUT2D eigenvalue weighted by Gasteiger charge is 2.28. The highest BCUT2D eigenvalue weighted by molar-refractivity contribution is 5.88. The molecule has 3 heterocycles. The highest BCUT2D eigenvalue weighted by Crippen LogP contribution is 2.29.